The van der Waals surface area contributed by atoms with Gasteiger partial charge in [-0.05, 0) is 31.3 Å². The van der Waals surface area contributed by atoms with Gasteiger partial charge in [-0.25, -0.2) is 0 Å². The van der Waals surface area contributed by atoms with E-state index in [1.807, 2.05) is 31.2 Å². The number of benzene rings is 1. The first-order chi connectivity index (χ1) is 8.30. The third kappa shape index (κ3) is 2.07. The van der Waals surface area contributed by atoms with Crippen LogP contribution < -0.4 is 0 Å². The Morgan fingerprint density at radius 3 is 2.88 bits per heavy atom. The van der Waals surface area contributed by atoms with Crippen LogP contribution in [-0.4, -0.2) is 6.72 Å². The van der Waals surface area contributed by atoms with Crippen LogP contribution in [-0.2, 0) is 6.54 Å². The van der Waals surface area contributed by atoms with Gasteiger partial charge in [-0.3, -0.25) is 4.99 Å². The van der Waals surface area contributed by atoms with Crippen LogP contribution in [0.5, 0.6) is 0 Å². The molecule has 1 aromatic carbocycles. The number of hydrogen-bond donors (Lipinski definition) is 0. The fraction of sp³-hybridized carbons (Fsp3) is 0.133. The van der Waals surface area contributed by atoms with E-state index in [4.69, 9.17) is 4.42 Å². The summed E-state index contributed by atoms with van der Waals surface area (Å²) in [6, 6.07) is 6.11. The molecule has 2 nitrogen and oxygen atoms in total. The highest BCUT2D eigenvalue weighted by molar-refractivity contribution is 5.91. The van der Waals surface area contributed by atoms with Crippen LogP contribution in [0.4, 0.5) is 0 Å². The Morgan fingerprint density at radius 1 is 1.41 bits per heavy atom. The third-order valence-corrected chi connectivity index (χ3v) is 2.63. The molecule has 1 heterocycles. The summed E-state index contributed by atoms with van der Waals surface area (Å²) in [7, 11) is 0. The first-order valence-electron chi connectivity index (χ1n) is 5.53. The lowest BCUT2D eigenvalue weighted by Crippen LogP contribution is -1.79. The van der Waals surface area contributed by atoms with Crippen LogP contribution >= 0.6 is 0 Å². The predicted molar refractivity (Wildman–Crippen MR) is 74.3 cm³/mol. The van der Waals surface area contributed by atoms with E-state index in [9.17, 15) is 0 Å². The van der Waals surface area contributed by atoms with Crippen LogP contribution in [0, 0.1) is 0 Å². The molecule has 86 valence electrons. The summed E-state index contributed by atoms with van der Waals surface area (Å²) >= 11 is 0. The number of allylic oxidation sites excluding steroid dienone is 1. The van der Waals surface area contributed by atoms with Crippen molar-refractivity contribution in [3.05, 3.63) is 47.7 Å². The standard InChI is InChI=1S/C15H15NO/c1-4-6-12-13-8-7-11(10-16-3)9-15(13)17-14(12)5-2/h4-9H,2-3,10H2,1H3/b6-4-. The molecule has 0 atom stereocenters. The molecule has 2 heteroatoms. The van der Waals surface area contributed by atoms with E-state index < -0.39 is 0 Å². The smallest absolute Gasteiger partial charge is 0.135 e. The van der Waals surface area contributed by atoms with Gasteiger partial charge >= 0.3 is 0 Å². The van der Waals surface area contributed by atoms with E-state index in [0.717, 1.165) is 27.9 Å². The number of hydrogen-bond acceptors (Lipinski definition) is 2. The molecular formula is C15H15NO. The first-order valence-corrected chi connectivity index (χ1v) is 5.53. The molecule has 1 aromatic heterocycles. The fourth-order valence-electron chi connectivity index (χ4n) is 1.90. The van der Waals surface area contributed by atoms with Crippen molar-refractivity contribution in [1.29, 1.82) is 0 Å². The molecule has 0 saturated carbocycles. The van der Waals surface area contributed by atoms with E-state index in [2.05, 4.69) is 24.4 Å². The zero-order valence-corrected chi connectivity index (χ0v) is 9.94. The SMILES string of the molecule is C=Cc1oc2cc(CN=C)ccc2c1/C=C\C. The lowest BCUT2D eigenvalue weighted by Gasteiger charge is -1.95. The molecule has 0 unspecified atom stereocenters. The summed E-state index contributed by atoms with van der Waals surface area (Å²) in [4.78, 5) is 3.87. The summed E-state index contributed by atoms with van der Waals surface area (Å²) in [6.45, 7) is 9.87. The van der Waals surface area contributed by atoms with Crippen molar-refractivity contribution in [3.8, 4) is 0 Å². The quantitative estimate of drug-likeness (QED) is 0.712. The third-order valence-electron chi connectivity index (χ3n) is 2.63. The zero-order valence-electron chi connectivity index (χ0n) is 9.94. The van der Waals surface area contributed by atoms with Crippen molar-refractivity contribution in [2.75, 3.05) is 0 Å². The largest absolute Gasteiger partial charge is 0.456 e. The maximum atomic E-state index is 5.76. The van der Waals surface area contributed by atoms with Gasteiger partial charge in [0.25, 0.3) is 0 Å². The molecule has 2 rings (SSSR count). The molecule has 0 bridgehead atoms. The van der Waals surface area contributed by atoms with Gasteiger partial charge in [-0.15, -0.1) is 0 Å². The highest BCUT2D eigenvalue weighted by Gasteiger charge is 2.09. The lowest BCUT2D eigenvalue weighted by atomic mass is 10.1. The molecule has 0 amide bonds. The first kappa shape index (κ1) is 11.4. The highest BCUT2D eigenvalue weighted by Crippen LogP contribution is 2.29. The van der Waals surface area contributed by atoms with E-state index in [-0.39, 0.29) is 0 Å². The van der Waals surface area contributed by atoms with Gasteiger partial charge in [0.2, 0.25) is 0 Å². The van der Waals surface area contributed by atoms with Gasteiger partial charge in [0.1, 0.15) is 11.3 Å². The minimum Gasteiger partial charge on any atom is -0.456 e. The topological polar surface area (TPSA) is 25.5 Å². The summed E-state index contributed by atoms with van der Waals surface area (Å²) in [5.74, 6) is 0.807. The molecular weight excluding hydrogens is 210 g/mol. The van der Waals surface area contributed by atoms with Gasteiger partial charge in [0.15, 0.2) is 0 Å². The Hall–Kier alpha value is -2.09. The van der Waals surface area contributed by atoms with Gasteiger partial charge in [-0.2, -0.15) is 0 Å². The predicted octanol–water partition coefficient (Wildman–Crippen LogP) is 4.31. The van der Waals surface area contributed by atoms with Crippen molar-refractivity contribution in [2.24, 2.45) is 4.99 Å². The highest BCUT2D eigenvalue weighted by atomic mass is 16.3. The van der Waals surface area contributed by atoms with E-state index in [1.165, 1.54) is 0 Å². The molecule has 0 aliphatic heterocycles. The second kappa shape index (κ2) is 4.83. The van der Waals surface area contributed by atoms with Crippen LogP contribution in [0.15, 0.2) is 40.3 Å². The average Bonchev–Trinajstić information content (AvgIpc) is 2.68. The average molecular weight is 225 g/mol. The Balaban J connectivity index is 2.64. The fourth-order valence-corrected chi connectivity index (χ4v) is 1.90. The summed E-state index contributed by atoms with van der Waals surface area (Å²) in [5, 5.41) is 1.10. The van der Waals surface area contributed by atoms with Crippen LogP contribution in [0.3, 0.4) is 0 Å². The minimum absolute atomic E-state index is 0.610. The number of fused-ring (bicyclic) bond motifs is 1. The lowest BCUT2D eigenvalue weighted by molar-refractivity contribution is 0.603. The molecule has 0 N–H and O–H groups in total. The van der Waals surface area contributed by atoms with E-state index in [1.54, 1.807) is 6.08 Å². The Bertz CT molecular complexity index is 590. The summed E-state index contributed by atoms with van der Waals surface area (Å²) in [6.07, 6.45) is 5.77. The maximum absolute atomic E-state index is 5.76. The monoisotopic (exact) mass is 225 g/mol. The Labute approximate surface area is 101 Å². The second-order valence-corrected chi connectivity index (χ2v) is 3.80. The van der Waals surface area contributed by atoms with Gasteiger partial charge < -0.3 is 4.42 Å². The van der Waals surface area contributed by atoms with Crippen molar-refractivity contribution in [3.63, 3.8) is 0 Å². The zero-order chi connectivity index (χ0) is 12.3. The van der Waals surface area contributed by atoms with E-state index in [0.29, 0.717) is 6.54 Å². The number of aliphatic imine (C=N–C) groups is 1. The second-order valence-electron chi connectivity index (χ2n) is 3.80. The molecule has 0 radical (unpaired) electrons. The number of rotatable bonds is 4. The van der Waals surface area contributed by atoms with Gasteiger partial charge in [-0.1, -0.05) is 30.9 Å². The minimum atomic E-state index is 0.610. The summed E-state index contributed by atoms with van der Waals surface area (Å²) < 4.78 is 5.76. The van der Waals surface area contributed by atoms with E-state index >= 15 is 0 Å². The molecule has 0 aliphatic rings. The van der Waals surface area contributed by atoms with Crippen molar-refractivity contribution >= 4 is 29.8 Å². The normalized spacial score (nSPS) is 11.1. The van der Waals surface area contributed by atoms with Crippen molar-refractivity contribution in [2.45, 2.75) is 13.5 Å². The van der Waals surface area contributed by atoms with Crippen LogP contribution in [0.2, 0.25) is 0 Å². The molecule has 0 saturated heterocycles. The summed E-state index contributed by atoms with van der Waals surface area (Å²) in [5.41, 5.74) is 3.05. The molecule has 0 aliphatic carbocycles. The molecule has 17 heavy (non-hydrogen) atoms. The van der Waals surface area contributed by atoms with Gasteiger partial charge in [0, 0.05) is 10.9 Å². The van der Waals surface area contributed by atoms with Crippen LogP contribution in [0.25, 0.3) is 23.1 Å². The Kier molecular flexibility index (Phi) is 3.24. The molecule has 0 spiro atoms. The maximum Gasteiger partial charge on any atom is 0.135 e. The van der Waals surface area contributed by atoms with Crippen molar-refractivity contribution < 1.29 is 4.42 Å². The number of nitrogens with zero attached hydrogens (tertiary/aromatic N) is 1. The van der Waals surface area contributed by atoms with Crippen LogP contribution in [0.1, 0.15) is 23.8 Å². The number of furan rings is 1. The Morgan fingerprint density at radius 2 is 2.24 bits per heavy atom. The van der Waals surface area contributed by atoms with Crippen molar-refractivity contribution in [1.82, 2.24) is 0 Å². The molecule has 0 fully saturated rings. The molecule has 2 aromatic rings. The van der Waals surface area contributed by atoms with Gasteiger partial charge in [0.05, 0.1) is 6.54 Å².